The van der Waals surface area contributed by atoms with Gasteiger partial charge in [0.05, 0.1) is 0 Å². The Morgan fingerprint density at radius 1 is 1.29 bits per heavy atom. The van der Waals surface area contributed by atoms with Crippen LogP contribution in [0.4, 0.5) is 0 Å². The molecule has 0 saturated heterocycles. The van der Waals surface area contributed by atoms with Crippen LogP contribution in [0.3, 0.4) is 0 Å². The monoisotopic (exact) mass is 340 g/mol. The molecule has 3 rings (SSSR count). The second kappa shape index (κ2) is 7.18. The zero-order valence-electron chi connectivity index (χ0n) is 13.1. The number of hydrogen-bond donors (Lipinski definition) is 2. The number of aryl methyl sites for hydroxylation is 1. The van der Waals surface area contributed by atoms with Crippen molar-refractivity contribution in [2.45, 2.75) is 13.3 Å². The number of rotatable bonds is 5. The topological polar surface area (TPSA) is 87.7 Å². The van der Waals surface area contributed by atoms with Gasteiger partial charge in [-0.15, -0.1) is 11.3 Å². The highest BCUT2D eigenvalue weighted by Crippen LogP contribution is 2.15. The highest BCUT2D eigenvalue weighted by molar-refractivity contribution is 7.11. The molecular formula is C17H16N4O2S. The number of nitrogens with one attached hydrogen (secondary N) is 2. The molecule has 0 aromatic carbocycles. The van der Waals surface area contributed by atoms with Gasteiger partial charge >= 0.3 is 0 Å². The van der Waals surface area contributed by atoms with E-state index in [0.29, 0.717) is 17.9 Å². The van der Waals surface area contributed by atoms with Crippen LogP contribution in [0.1, 0.15) is 20.1 Å². The van der Waals surface area contributed by atoms with E-state index in [1.54, 1.807) is 35.9 Å². The molecule has 0 aliphatic rings. The van der Waals surface area contributed by atoms with Gasteiger partial charge < -0.3 is 10.3 Å². The quantitative estimate of drug-likeness (QED) is 0.745. The number of aromatic amines is 1. The van der Waals surface area contributed by atoms with Crippen LogP contribution >= 0.6 is 11.3 Å². The van der Waals surface area contributed by atoms with E-state index in [1.807, 2.05) is 19.1 Å². The minimum atomic E-state index is -0.465. The molecule has 0 aliphatic heterocycles. The van der Waals surface area contributed by atoms with Crippen molar-refractivity contribution < 1.29 is 4.79 Å². The first-order valence-electron chi connectivity index (χ1n) is 7.47. The van der Waals surface area contributed by atoms with Gasteiger partial charge in [0.1, 0.15) is 11.4 Å². The highest BCUT2D eigenvalue weighted by Gasteiger charge is 2.12. The summed E-state index contributed by atoms with van der Waals surface area (Å²) < 4.78 is 0. The van der Waals surface area contributed by atoms with Crippen molar-refractivity contribution in [2.24, 2.45) is 0 Å². The predicted octanol–water partition coefficient (Wildman–Crippen LogP) is 2.17. The Hall–Kier alpha value is -2.80. The summed E-state index contributed by atoms with van der Waals surface area (Å²) in [7, 11) is 0. The van der Waals surface area contributed by atoms with Gasteiger partial charge in [0.2, 0.25) is 0 Å². The van der Waals surface area contributed by atoms with Crippen LogP contribution in [0.25, 0.3) is 11.4 Å². The second-order valence-electron chi connectivity index (χ2n) is 5.23. The van der Waals surface area contributed by atoms with Gasteiger partial charge in [0.15, 0.2) is 0 Å². The van der Waals surface area contributed by atoms with Crippen molar-refractivity contribution in [3.8, 4) is 11.4 Å². The van der Waals surface area contributed by atoms with E-state index in [1.165, 1.54) is 16.0 Å². The molecule has 0 bridgehead atoms. The fraction of sp³-hybridized carbons (Fsp3) is 0.176. The Morgan fingerprint density at radius 3 is 2.83 bits per heavy atom. The van der Waals surface area contributed by atoms with Gasteiger partial charge in [-0.2, -0.15) is 0 Å². The lowest BCUT2D eigenvalue weighted by molar-refractivity contribution is 0.0952. The SMILES string of the molecule is Cc1ccc(CCNC(=O)c2cnc(-c3cccnc3)[nH]c2=O)s1. The van der Waals surface area contributed by atoms with Crippen molar-refractivity contribution in [3.63, 3.8) is 0 Å². The number of carbonyl (C=O) groups excluding carboxylic acids is 1. The van der Waals surface area contributed by atoms with Gasteiger partial charge in [-0.25, -0.2) is 4.98 Å². The second-order valence-corrected chi connectivity index (χ2v) is 6.61. The third-order valence-corrected chi connectivity index (χ3v) is 4.49. The standard InChI is InChI=1S/C17H16N4O2S/c1-11-4-5-13(24-11)6-8-19-16(22)14-10-20-15(21-17(14)23)12-3-2-7-18-9-12/h2-5,7,9-10H,6,8H2,1H3,(H,19,22)(H,20,21,23). The molecule has 1 amide bonds. The van der Waals surface area contributed by atoms with Gasteiger partial charge in [0, 0.05) is 40.5 Å². The van der Waals surface area contributed by atoms with E-state index in [-0.39, 0.29) is 5.56 Å². The average molecular weight is 340 g/mol. The molecule has 3 aromatic heterocycles. The summed E-state index contributed by atoms with van der Waals surface area (Å²) in [5, 5.41) is 2.75. The number of pyridine rings is 1. The van der Waals surface area contributed by atoms with Gasteiger partial charge in [-0.05, 0) is 37.6 Å². The fourth-order valence-corrected chi connectivity index (χ4v) is 3.11. The number of thiophene rings is 1. The first-order chi connectivity index (χ1) is 11.6. The Balaban J connectivity index is 1.66. The van der Waals surface area contributed by atoms with Gasteiger partial charge in [-0.1, -0.05) is 0 Å². The van der Waals surface area contributed by atoms with Crippen molar-refractivity contribution in [3.05, 3.63) is 68.5 Å². The van der Waals surface area contributed by atoms with Crippen LogP contribution in [-0.2, 0) is 6.42 Å². The van der Waals surface area contributed by atoms with E-state index < -0.39 is 11.5 Å². The van der Waals surface area contributed by atoms with Crippen molar-refractivity contribution in [1.29, 1.82) is 0 Å². The summed E-state index contributed by atoms with van der Waals surface area (Å²) >= 11 is 1.70. The number of H-pyrrole nitrogens is 1. The zero-order valence-corrected chi connectivity index (χ0v) is 13.9. The van der Waals surface area contributed by atoms with Gasteiger partial charge in [0.25, 0.3) is 11.5 Å². The minimum absolute atomic E-state index is 0.00463. The molecule has 0 aliphatic carbocycles. The van der Waals surface area contributed by atoms with Crippen LogP contribution in [0.5, 0.6) is 0 Å². The highest BCUT2D eigenvalue weighted by atomic mass is 32.1. The first-order valence-corrected chi connectivity index (χ1v) is 8.28. The van der Waals surface area contributed by atoms with E-state index >= 15 is 0 Å². The summed E-state index contributed by atoms with van der Waals surface area (Å²) in [4.78, 5) is 37.4. The predicted molar refractivity (Wildman–Crippen MR) is 93.2 cm³/mol. The summed E-state index contributed by atoms with van der Waals surface area (Å²) in [5.74, 6) is -0.0338. The smallest absolute Gasteiger partial charge is 0.264 e. The fourth-order valence-electron chi connectivity index (χ4n) is 2.22. The molecule has 7 heteroatoms. The van der Waals surface area contributed by atoms with Crippen molar-refractivity contribution in [2.75, 3.05) is 6.54 Å². The van der Waals surface area contributed by atoms with Crippen LogP contribution in [-0.4, -0.2) is 27.4 Å². The van der Waals surface area contributed by atoms with Crippen LogP contribution in [0, 0.1) is 6.92 Å². The molecule has 3 heterocycles. The molecule has 0 atom stereocenters. The third-order valence-electron chi connectivity index (χ3n) is 3.43. The Kier molecular flexibility index (Phi) is 4.81. The third kappa shape index (κ3) is 3.75. The molecule has 0 spiro atoms. The van der Waals surface area contributed by atoms with Crippen LogP contribution in [0.15, 0.2) is 47.7 Å². The normalized spacial score (nSPS) is 10.5. The summed E-state index contributed by atoms with van der Waals surface area (Å²) in [6, 6.07) is 7.63. The van der Waals surface area contributed by atoms with E-state index in [2.05, 4.69) is 20.3 Å². The summed E-state index contributed by atoms with van der Waals surface area (Å²) in [5.41, 5.74) is 0.230. The maximum Gasteiger partial charge on any atom is 0.264 e. The van der Waals surface area contributed by atoms with E-state index in [0.717, 1.165) is 6.42 Å². The minimum Gasteiger partial charge on any atom is -0.351 e. The molecule has 0 fully saturated rings. The van der Waals surface area contributed by atoms with Crippen LogP contribution in [0.2, 0.25) is 0 Å². The lowest BCUT2D eigenvalue weighted by atomic mass is 10.2. The van der Waals surface area contributed by atoms with E-state index in [9.17, 15) is 9.59 Å². The molecule has 2 N–H and O–H groups in total. The molecule has 122 valence electrons. The first kappa shape index (κ1) is 16.1. The molecule has 0 unspecified atom stereocenters. The summed E-state index contributed by atoms with van der Waals surface area (Å²) in [6.07, 6.45) is 5.27. The lowest BCUT2D eigenvalue weighted by Gasteiger charge is -2.05. The van der Waals surface area contributed by atoms with Crippen molar-refractivity contribution >= 4 is 17.2 Å². The molecule has 3 aromatic rings. The van der Waals surface area contributed by atoms with Crippen molar-refractivity contribution in [1.82, 2.24) is 20.3 Å². The summed E-state index contributed by atoms with van der Waals surface area (Å²) in [6.45, 7) is 2.52. The number of carbonyl (C=O) groups is 1. The molecule has 0 radical (unpaired) electrons. The Morgan fingerprint density at radius 2 is 2.17 bits per heavy atom. The average Bonchev–Trinajstić information content (AvgIpc) is 3.00. The maximum absolute atomic E-state index is 12.1. The Bertz CT molecular complexity index is 902. The molecular weight excluding hydrogens is 324 g/mol. The molecule has 6 nitrogen and oxygen atoms in total. The Labute approximate surface area is 142 Å². The maximum atomic E-state index is 12.1. The zero-order chi connectivity index (χ0) is 16.9. The lowest BCUT2D eigenvalue weighted by Crippen LogP contribution is -2.31. The number of amides is 1. The molecule has 0 saturated carbocycles. The number of hydrogen-bond acceptors (Lipinski definition) is 5. The number of nitrogens with zero attached hydrogens (tertiary/aromatic N) is 2. The van der Waals surface area contributed by atoms with Gasteiger partial charge in [-0.3, -0.25) is 14.6 Å². The van der Waals surface area contributed by atoms with Crippen LogP contribution < -0.4 is 10.9 Å². The number of aromatic nitrogens is 3. The largest absolute Gasteiger partial charge is 0.351 e. The molecule has 24 heavy (non-hydrogen) atoms. The van der Waals surface area contributed by atoms with E-state index in [4.69, 9.17) is 0 Å².